The molecule has 8 heteroatoms. The second-order valence-corrected chi connectivity index (χ2v) is 3.48. The van der Waals surface area contributed by atoms with E-state index in [1.807, 2.05) is 0 Å². The molecule has 0 bridgehead atoms. The molecular formula is C8H10ClN7. The molecule has 0 atom stereocenters. The van der Waals surface area contributed by atoms with Crippen LogP contribution in [0.15, 0.2) is 18.6 Å². The second-order valence-electron chi connectivity index (χ2n) is 3.14. The highest BCUT2D eigenvalue weighted by Crippen LogP contribution is 2.23. The van der Waals surface area contributed by atoms with E-state index in [0.717, 1.165) is 0 Å². The number of rotatable bonds is 2. The van der Waals surface area contributed by atoms with E-state index in [-0.39, 0.29) is 5.28 Å². The monoisotopic (exact) mass is 239 g/mol. The zero-order chi connectivity index (χ0) is 11.7. The summed E-state index contributed by atoms with van der Waals surface area (Å²) in [5.41, 5.74) is 18.2. The third-order valence-electron chi connectivity index (χ3n) is 1.97. The molecule has 0 aliphatic rings. The van der Waals surface area contributed by atoms with Crippen molar-refractivity contribution in [3.63, 3.8) is 0 Å². The lowest BCUT2D eigenvalue weighted by Crippen LogP contribution is -2.27. The van der Waals surface area contributed by atoms with E-state index in [1.165, 1.54) is 10.9 Å². The molecule has 7 nitrogen and oxygen atoms in total. The molecule has 6 N–H and O–H groups in total. The van der Waals surface area contributed by atoms with Gasteiger partial charge in [0.15, 0.2) is 0 Å². The van der Waals surface area contributed by atoms with E-state index >= 15 is 0 Å². The van der Waals surface area contributed by atoms with E-state index in [2.05, 4.69) is 15.1 Å². The number of nitrogens with zero attached hydrogens (tertiary/aromatic N) is 4. The zero-order valence-corrected chi connectivity index (χ0v) is 8.96. The molecule has 16 heavy (non-hydrogen) atoms. The predicted octanol–water partition coefficient (Wildman–Crippen LogP) is -0.0508. The van der Waals surface area contributed by atoms with Crippen LogP contribution in [0.5, 0.6) is 0 Å². The van der Waals surface area contributed by atoms with Gasteiger partial charge in [0, 0.05) is 11.8 Å². The molecule has 0 radical (unpaired) electrons. The summed E-state index contributed by atoms with van der Waals surface area (Å²) >= 11 is 5.68. The summed E-state index contributed by atoms with van der Waals surface area (Å²) in [4.78, 5) is 7.77. The summed E-state index contributed by atoms with van der Waals surface area (Å²) in [5.74, 6) is 0. The van der Waals surface area contributed by atoms with E-state index in [1.54, 1.807) is 12.4 Å². The van der Waals surface area contributed by atoms with Crippen LogP contribution in [0.25, 0.3) is 11.3 Å². The van der Waals surface area contributed by atoms with Gasteiger partial charge < -0.3 is 5.73 Å². The van der Waals surface area contributed by atoms with Crippen molar-refractivity contribution in [2.45, 2.75) is 6.29 Å². The molecule has 0 spiro atoms. The summed E-state index contributed by atoms with van der Waals surface area (Å²) in [7, 11) is 0. The molecule has 0 saturated carbocycles. The van der Waals surface area contributed by atoms with Gasteiger partial charge in [-0.25, -0.2) is 14.6 Å². The van der Waals surface area contributed by atoms with Gasteiger partial charge in [0.25, 0.3) is 0 Å². The maximum Gasteiger partial charge on any atom is 0.223 e. The Morgan fingerprint density at radius 2 is 2.06 bits per heavy atom. The van der Waals surface area contributed by atoms with Crippen molar-refractivity contribution in [2.75, 3.05) is 5.73 Å². The van der Waals surface area contributed by atoms with Gasteiger partial charge in [-0.1, -0.05) is 0 Å². The lowest BCUT2D eigenvalue weighted by atomic mass is 10.2. The highest BCUT2D eigenvalue weighted by molar-refractivity contribution is 6.28. The SMILES string of the molecule is Nc1cnc(Cl)nc1-c1cnn(C(N)N)c1. The fourth-order valence-corrected chi connectivity index (χ4v) is 1.36. The molecule has 2 aromatic heterocycles. The highest BCUT2D eigenvalue weighted by atomic mass is 35.5. The fraction of sp³-hybridized carbons (Fsp3) is 0.125. The van der Waals surface area contributed by atoms with Crippen LogP contribution in [0.4, 0.5) is 5.69 Å². The molecule has 0 unspecified atom stereocenters. The maximum absolute atomic E-state index is 5.72. The van der Waals surface area contributed by atoms with E-state index in [9.17, 15) is 0 Å². The second kappa shape index (κ2) is 4.05. The van der Waals surface area contributed by atoms with Crippen LogP contribution in [-0.4, -0.2) is 19.7 Å². The minimum Gasteiger partial charge on any atom is -0.396 e. The fourth-order valence-electron chi connectivity index (χ4n) is 1.22. The first-order valence-electron chi connectivity index (χ1n) is 4.41. The Hall–Kier alpha value is -1.70. The quantitative estimate of drug-likeness (QED) is 0.499. The first-order valence-corrected chi connectivity index (χ1v) is 4.79. The van der Waals surface area contributed by atoms with Gasteiger partial charge in [0.2, 0.25) is 5.28 Å². The number of anilines is 1. The van der Waals surface area contributed by atoms with Gasteiger partial charge in [-0.3, -0.25) is 11.5 Å². The summed E-state index contributed by atoms with van der Waals surface area (Å²) in [6.45, 7) is 0. The van der Waals surface area contributed by atoms with Crippen molar-refractivity contribution < 1.29 is 0 Å². The molecule has 0 saturated heterocycles. The molecular weight excluding hydrogens is 230 g/mol. The first-order chi connectivity index (χ1) is 7.58. The van der Waals surface area contributed by atoms with Crippen LogP contribution < -0.4 is 17.2 Å². The number of hydrogen-bond donors (Lipinski definition) is 3. The highest BCUT2D eigenvalue weighted by Gasteiger charge is 2.10. The number of halogens is 1. The molecule has 0 aliphatic heterocycles. The standard InChI is InChI=1S/C8H10ClN7/c9-7-13-2-5(10)6(15-7)4-1-14-16(3-4)8(11)12/h1-3,8H,10-12H2. The summed E-state index contributed by atoms with van der Waals surface area (Å²) in [6, 6.07) is 0. The van der Waals surface area contributed by atoms with Gasteiger partial charge in [0.1, 0.15) is 12.0 Å². The van der Waals surface area contributed by atoms with E-state index in [4.69, 9.17) is 28.8 Å². The van der Waals surface area contributed by atoms with Crippen molar-refractivity contribution in [2.24, 2.45) is 11.5 Å². The lowest BCUT2D eigenvalue weighted by Gasteiger charge is -2.04. The van der Waals surface area contributed by atoms with Gasteiger partial charge in [-0.15, -0.1) is 0 Å². The first kappa shape index (κ1) is 10.8. The summed E-state index contributed by atoms with van der Waals surface area (Å²) in [5, 5.41) is 4.09. The van der Waals surface area contributed by atoms with Gasteiger partial charge >= 0.3 is 0 Å². The number of nitrogens with two attached hydrogens (primary N) is 3. The minimum atomic E-state index is -0.702. The van der Waals surface area contributed by atoms with Crippen molar-refractivity contribution in [3.8, 4) is 11.3 Å². The zero-order valence-electron chi connectivity index (χ0n) is 8.21. The Kier molecular flexibility index (Phi) is 2.73. The Balaban J connectivity index is 2.46. The topological polar surface area (TPSA) is 122 Å². The molecule has 2 rings (SSSR count). The molecule has 0 amide bonds. The molecule has 2 heterocycles. The average molecular weight is 240 g/mol. The van der Waals surface area contributed by atoms with Crippen LogP contribution >= 0.6 is 11.6 Å². The predicted molar refractivity (Wildman–Crippen MR) is 60.1 cm³/mol. The summed E-state index contributed by atoms with van der Waals surface area (Å²) < 4.78 is 1.39. The van der Waals surface area contributed by atoms with Crippen molar-refractivity contribution in [3.05, 3.63) is 23.9 Å². The normalized spacial score (nSPS) is 11.0. The molecule has 0 fully saturated rings. The molecule has 0 aromatic carbocycles. The van der Waals surface area contributed by atoms with E-state index in [0.29, 0.717) is 16.9 Å². The third kappa shape index (κ3) is 1.96. The minimum absolute atomic E-state index is 0.119. The van der Waals surface area contributed by atoms with Crippen LogP contribution in [0.3, 0.4) is 0 Å². The number of nitrogen functional groups attached to an aromatic ring is 1. The van der Waals surface area contributed by atoms with Crippen molar-refractivity contribution in [1.82, 2.24) is 19.7 Å². The Morgan fingerprint density at radius 3 is 2.69 bits per heavy atom. The van der Waals surface area contributed by atoms with E-state index < -0.39 is 6.29 Å². The average Bonchev–Trinajstić information content (AvgIpc) is 2.70. The van der Waals surface area contributed by atoms with Gasteiger partial charge in [-0.05, 0) is 11.6 Å². The smallest absolute Gasteiger partial charge is 0.223 e. The number of hydrogen-bond acceptors (Lipinski definition) is 6. The van der Waals surface area contributed by atoms with Crippen LogP contribution in [0.1, 0.15) is 6.29 Å². The number of aromatic nitrogens is 4. The third-order valence-corrected chi connectivity index (χ3v) is 2.15. The maximum atomic E-state index is 5.72. The largest absolute Gasteiger partial charge is 0.396 e. The van der Waals surface area contributed by atoms with Crippen molar-refractivity contribution in [1.29, 1.82) is 0 Å². The molecule has 84 valence electrons. The van der Waals surface area contributed by atoms with Gasteiger partial charge in [-0.2, -0.15) is 5.10 Å². The Labute approximate surface area is 96.2 Å². The van der Waals surface area contributed by atoms with Gasteiger partial charge in [0.05, 0.1) is 18.1 Å². The lowest BCUT2D eigenvalue weighted by molar-refractivity contribution is 0.487. The molecule has 2 aromatic rings. The van der Waals surface area contributed by atoms with Crippen LogP contribution in [0, 0.1) is 0 Å². The van der Waals surface area contributed by atoms with Crippen LogP contribution in [0.2, 0.25) is 5.28 Å². The molecule has 0 aliphatic carbocycles. The Bertz CT molecular complexity index is 507. The van der Waals surface area contributed by atoms with Crippen LogP contribution in [-0.2, 0) is 0 Å². The Morgan fingerprint density at radius 1 is 1.31 bits per heavy atom. The summed E-state index contributed by atoms with van der Waals surface area (Å²) in [6.07, 6.45) is 3.93. The van der Waals surface area contributed by atoms with Crippen molar-refractivity contribution >= 4 is 17.3 Å².